The molecule has 0 N–H and O–H groups in total. The average Bonchev–Trinajstić information content (AvgIpc) is 3.36. The van der Waals surface area contributed by atoms with Crippen LogP contribution in [0.5, 0.6) is 0 Å². The van der Waals surface area contributed by atoms with Crippen LogP contribution in [0.4, 0.5) is 0 Å². The van der Waals surface area contributed by atoms with Crippen molar-refractivity contribution in [3.8, 4) is 0 Å². The van der Waals surface area contributed by atoms with Gasteiger partial charge in [-0.2, -0.15) is 0 Å². The predicted molar refractivity (Wildman–Crippen MR) is 99.8 cm³/mol. The van der Waals surface area contributed by atoms with Crippen LogP contribution < -0.4 is 0 Å². The second-order valence-corrected chi connectivity index (χ2v) is 8.82. The summed E-state index contributed by atoms with van der Waals surface area (Å²) in [6, 6.07) is 18.3. The van der Waals surface area contributed by atoms with Crippen molar-refractivity contribution in [1.82, 2.24) is 0 Å². The number of ketones is 1. The molecule has 3 aromatic rings. The third kappa shape index (κ3) is 1.42. The number of carbonyl (C=O) groups is 1. The Bertz CT molecular complexity index is 1010. The lowest BCUT2D eigenvalue weighted by Crippen LogP contribution is -2.27. The molecule has 25 heavy (non-hydrogen) atoms. The minimum Gasteiger partial charge on any atom is -0.299 e. The molecule has 0 spiro atoms. The van der Waals surface area contributed by atoms with Crippen molar-refractivity contribution in [1.29, 1.82) is 0 Å². The first-order chi connectivity index (χ1) is 12.3. The van der Waals surface area contributed by atoms with Gasteiger partial charge in [-0.25, -0.2) is 0 Å². The van der Waals surface area contributed by atoms with E-state index in [2.05, 4.69) is 48.5 Å². The van der Waals surface area contributed by atoms with Crippen molar-refractivity contribution in [2.75, 3.05) is 0 Å². The van der Waals surface area contributed by atoms with E-state index in [0.717, 1.165) is 0 Å². The van der Waals surface area contributed by atoms with Gasteiger partial charge in [0.1, 0.15) is 5.78 Å². The molecule has 1 nitrogen and oxygen atoms in total. The van der Waals surface area contributed by atoms with Crippen LogP contribution in [0.3, 0.4) is 0 Å². The fourth-order valence-electron chi connectivity index (χ4n) is 7.24. The minimum atomic E-state index is 0.394. The summed E-state index contributed by atoms with van der Waals surface area (Å²) < 4.78 is 0. The van der Waals surface area contributed by atoms with E-state index < -0.39 is 0 Å². The van der Waals surface area contributed by atoms with Gasteiger partial charge in [0, 0.05) is 11.8 Å². The summed E-state index contributed by atoms with van der Waals surface area (Å²) in [7, 11) is 0. The Balaban J connectivity index is 1.47. The molecule has 0 heterocycles. The highest BCUT2D eigenvalue weighted by Crippen LogP contribution is 2.70. The number of rotatable bonds is 0. The van der Waals surface area contributed by atoms with Crippen LogP contribution in [0, 0.1) is 23.7 Å². The maximum atomic E-state index is 12.6. The van der Waals surface area contributed by atoms with Gasteiger partial charge in [-0.1, -0.05) is 36.4 Å². The molecule has 0 radical (unpaired) electrons. The number of fused-ring (bicyclic) bond motifs is 14. The van der Waals surface area contributed by atoms with E-state index >= 15 is 0 Å². The zero-order valence-electron chi connectivity index (χ0n) is 14.1. The maximum absolute atomic E-state index is 12.6. The van der Waals surface area contributed by atoms with E-state index in [1.54, 1.807) is 11.1 Å². The zero-order chi connectivity index (χ0) is 16.3. The Morgan fingerprint density at radius 2 is 1.16 bits per heavy atom. The van der Waals surface area contributed by atoms with Gasteiger partial charge in [-0.15, -0.1) is 0 Å². The first-order valence-electron chi connectivity index (χ1n) is 9.80. The molecule has 2 unspecified atom stereocenters. The van der Waals surface area contributed by atoms with E-state index in [4.69, 9.17) is 0 Å². The van der Waals surface area contributed by atoms with Crippen molar-refractivity contribution in [3.05, 3.63) is 59.7 Å². The highest BCUT2D eigenvalue weighted by Gasteiger charge is 2.65. The van der Waals surface area contributed by atoms with Gasteiger partial charge in [-0.3, -0.25) is 4.79 Å². The predicted octanol–water partition coefficient (Wildman–Crippen LogP) is 5.42. The number of Topliss-reactive ketones (excluding diaryl/α,β-unsaturated/α-hetero) is 1. The standard InChI is InChI=1S/C24H20O/c25-24-16-5-6-17(24)23-21-11-20(22(16)23)18-9-14-7-12-3-1-2-4-13(12)8-15(14)10-19(18)21/h1-4,7-10,16-17,20-23H,5-6,11H2/t16-,17+,20-,21+,22?,23?. The van der Waals surface area contributed by atoms with Crippen LogP contribution in [-0.4, -0.2) is 5.78 Å². The topological polar surface area (TPSA) is 17.1 Å². The van der Waals surface area contributed by atoms with Gasteiger partial charge in [0.2, 0.25) is 0 Å². The minimum absolute atomic E-state index is 0.394. The molecule has 0 saturated heterocycles. The van der Waals surface area contributed by atoms with Crippen LogP contribution in [-0.2, 0) is 4.79 Å². The summed E-state index contributed by atoms with van der Waals surface area (Å²) in [4.78, 5) is 12.6. The van der Waals surface area contributed by atoms with Gasteiger partial charge in [0.05, 0.1) is 0 Å². The molecule has 4 bridgehead atoms. The second kappa shape index (κ2) is 4.15. The fourth-order valence-corrected chi connectivity index (χ4v) is 7.24. The maximum Gasteiger partial charge on any atom is 0.139 e. The van der Waals surface area contributed by atoms with E-state index in [1.165, 1.54) is 40.8 Å². The number of hydrogen-bond donors (Lipinski definition) is 0. The molecule has 3 saturated carbocycles. The summed E-state index contributed by atoms with van der Waals surface area (Å²) in [5.41, 5.74) is 3.16. The summed E-state index contributed by atoms with van der Waals surface area (Å²) >= 11 is 0. The lowest BCUT2D eigenvalue weighted by Gasteiger charge is -2.35. The SMILES string of the molecule is O=C1[C@H]2CC[C@@H]1C1C2[C@H]2C[C@@H]1c1cc3cc4ccccc4cc3cc12. The van der Waals surface area contributed by atoms with Crippen LogP contribution >= 0.6 is 0 Å². The van der Waals surface area contributed by atoms with Gasteiger partial charge >= 0.3 is 0 Å². The van der Waals surface area contributed by atoms with E-state index in [9.17, 15) is 4.79 Å². The molecule has 7 rings (SSSR count). The summed E-state index contributed by atoms with van der Waals surface area (Å²) in [5.74, 6) is 4.05. The number of benzene rings is 3. The average molecular weight is 324 g/mol. The number of carbonyl (C=O) groups excluding carboxylic acids is 1. The monoisotopic (exact) mass is 324 g/mol. The van der Waals surface area contributed by atoms with Crippen molar-refractivity contribution in [2.24, 2.45) is 23.7 Å². The van der Waals surface area contributed by atoms with Crippen molar-refractivity contribution in [2.45, 2.75) is 31.1 Å². The molecule has 1 heteroatoms. The normalized spacial score (nSPS) is 37.2. The van der Waals surface area contributed by atoms with Gasteiger partial charge in [0.15, 0.2) is 0 Å². The Morgan fingerprint density at radius 1 is 0.640 bits per heavy atom. The van der Waals surface area contributed by atoms with Crippen LogP contribution in [0.25, 0.3) is 21.5 Å². The van der Waals surface area contributed by atoms with E-state index in [-0.39, 0.29) is 0 Å². The van der Waals surface area contributed by atoms with E-state index in [1.807, 2.05) is 0 Å². The Kier molecular flexibility index (Phi) is 2.17. The number of hydrogen-bond acceptors (Lipinski definition) is 1. The molecule has 0 aromatic heterocycles. The lowest BCUT2D eigenvalue weighted by atomic mass is 9.68. The Hall–Kier alpha value is -2.15. The smallest absolute Gasteiger partial charge is 0.139 e. The summed E-state index contributed by atoms with van der Waals surface area (Å²) in [6.45, 7) is 0. The molecule has 3 fully saturated rings. The molecule has 4 aliphatic rings. The molecule has 4 aliphatic carbocycles. The highest BCUT2D eigenvalue weighted by atomic mass is 16.1. The third-order valence-corrected chi connectivity index (χ3v) is 8.04. The molecular weight excluding hydrogens is 304 g/mol. The zero-order valence-corrected chi connectivity index (χ0v) is 14.1. The Morgan fingerprint density at radius 3 is 1.68 bits per heavy atom. The van der Waals surface area contributed by atoms with Crippen molar-refractivity contribution < 1.29 is 4.79 Å². The Labute approximate surface area is 147 Å². The van der Waals surface area contributed by atoms with Gasteiger partial charge in [0.25, 0.3) is 0 Å². The first-order valence-corrected chi connectivity index (χ1v) is 9.80. The fraction of sp³-hybridized carbons (Fsp3) is 0.375. The summed E-state index contributed by atoms with van der Waals surface area (Å²) in [5, 5.41) is 5.39. The van der Waals surface area contributed by atoms with E-state index in [0.29, 0.717) is 41.3 Å². The van der Waals surface area contributed by atoms with Gasteiger partial charge in [-0.05, 0) is 87.7 Å². The quantitative estimate of drug-likeness (QED) is 0.399. The molecule has 122 valence electrons. The lowest BCUT2D eigenvalue weighted by molar-refractivity contribution is -0.122. The molecule has 0 amide bonds. The summed E-state index contributed by atoms with van der Waals surface area (Å²) in [6.07, 6.45) is 3.64. The van der Waals surface area contributed by atoms with Crippen LogP contribution in [0.2, 0.25) is 0 Å². The molecule has 3 aromatic carbocycles. The second-order valence-electron chi connectivity index (χ2n) is 8.82. The van der Waals surface area contributed by atoms with Crippen molar-refractivity contribution in [3.63, 3.8) is 0 Å². The molecule has 0 aliphatic heterocycles. The molecule has 6 atom stereocenters. The van der Waals surface area contributed by atoms with Crippen LogP contribution in [0.1, 0.15) is 42.2 Å². The third-order valence-electron chi connectivity index (χ3n) is 8.04. The van der Waals surface area contributed by atoms with Crippen molar-refractivity contribution >= 4 is 27.3 Å². The van der Waals surface area contributed by atoms with Gasteiger partial charge < -0.3 is 0 Å². The van der Waals surface area contributed by atoms with Crippen LogP contribution in [0.15, 0.2) is 48.5 Å². The molecular formula is C24H20O. The highest BCUT2D eigenvalue weighted by molar-refractivity contribution is 5.99. The largest absolute Gasteiger partial charge is 0.299 e. The first kappa shape index (κ1) is 13.1.